The summed E-state index contributed by atoms with van der Waals surface area (Å²) in [6, 6.07) is 14.9. The Hall–Kier alpha value is -3.43. The smallest absolute Gasteiger partial charge is 0.254 e. The number of nitrogens with one attached hydrogen (secondary N) is 1. The number of anilines is 2. The molecule has 39 heavy (non-hydrogen) atoms. The number of carbonyl (C=O) groups is 3. The molecule has 4 rings (SSSR count). The van der Waals surface area contributed by atoms with Gasteiger partial charge < -0.3 is 20.0 Å². The van der Waals surface area contributed by atoms with Crippen molar-refractivity contribution in [2.75, 3.05) is 49.5 Å². The van der Waals surface area contributed by atoms with Gasteiger partial charge in [-0.3, -0.25) is 14.4 Å². The van der Waals surface area contributed by atoms with E-state index < -0.39 is 0 Å². The lowest BCUT2D eigenvalue weighted by Gasteiger charge is -2.36. The molecule has 1 aromatic heterocycles. The highest BCUT2D eigenvalue weighted by Gasteiger charge is 2.24. The van der Waals surface area contributed by atoms with Crippen molar-refractivity contribution in [3.8, 4) is 0 Å². The number of carbonyl (C=O) groups excluding carboxylic acids is 3. The third-order valence-corrected chi connectivity index (χ3v) is 7.58. The first-order chi connectivity index (χ1) is 18.7. The molecule has 0 atom stereocenters. The van der Waals surface area contributed by atoms with Crippen LogP contribution in [0.3, 0.4) is 0 Å². The van der Waals surface area contributed by atoms with E-state index in [1.165, 1.54) is 27.5 Å². The number of hydrogen-bond acceptors (Lipinski definition) is 6. The summed E-state index contributed by atoms with van der Waals surface area (Å²) < 4.78 is 0. The van der Waals surface area contributed by atoms with E-state index in [4.69, 9.17) is 11.6 Å². The average Bonchev–Trinajstić information content (AvgIpc) is 3.34. The monoisotopic (exact) mass is 567 g/mol. The lowest BCUT2D eigenvalue weighted by molar-refractivity contribution is -0.130. The summed E-state index contributed by atoms with van der Waals surface area (Å²) in [6.07, 6.45) is 0.186. The molecule has 2 heterocycles. The molecule has 206 valence electrons. The normalized spacial score (nSPS) is 13.5. The molecule has 8 nitrogen and oxygen atoms in total. The standard InChI is InChI=1S/C29H34ClN5O3S/c1-20(2)17-35(28(38)22-8-10-23(30)11-9-22)18-26(36)32-29-31-24(19-39-29)16-27(37)34-14-12-33(13-15-34)25-7-5-4-6-21(25)3/h4-11,19-20H,12-18H2,1-3H3,(H,31,32,36). The molecule has 0 bridgehead atoms. The van der Waals surface area contributed by atoms with Crippen LogP contribution in [0, 0.1) is 12.8 Å². The molecular weight excluding hydrogens is 534 g/mol. The Kier molecular flexibility index (Phi) is 9.59. The second-order valence-electron chi connectivity index (χ2n) is 10.1. The number of para-hydroxylation sites is 1. The Balaban J connectivity index is 1.29. The molecule has 1 fully saturated rings. The molecule has 0 saturated carbocycles. The van der Waals surface area contributed by atoms with Crippen LogP contribution >= 0.6 is 22.9 Å². The molecule has 1 saturated heterocycles. The van der Waals surface area contributed by atoms with Gasteiger partial charge in [0.05, 0.1) is 12.1 Å². The molecule has 1 aliphatic rings. The van der Waals surface area contributed by atoms with Gasteiger partial charge in [0.2, 0.25) is 11.8 Å². The van der Waals surface area contributed by atoms with E-state index in [0.717, 1.165) is 13.1 Å². The zero-order valence-electron chi connectivity index (χ0n) is 22.5. The summed E-state index contributed by atoms with van der Waals surface area (Å²) in [7, 11) is 0. The number of benzene rings is 2. The molecule has 1 N–H and O–H groups in total. The minimum atomic E-state index is -0.336. The summed E-state index contributed by atoms with van der Waals surface area (Å²) in [6.45, 7) is 9.32. The maximum absolute atomic E-state index is 13.0. The van der Waals surface area contributed by atoms with Crippen molar-refractivity contribution in [1.82, 2.24) is 14.8 Å². The molecular formula is C29H34ClN5O3S. The second kappa shape index (κ2) is 13.1. The molecule has 0 unspecified atom stereocenters. The summed E-state index contributed by atoms with van der Waals surface area (Å²) in [5.74, 6) is -0.356. The van der Waals surface area contributed by atoms with Crippen LogP contribution in [0.15, 0.2) is 53.9 Å². The van der Waals surface area contributed by atoms with Crippen LogP contribution in [0.2, 0.25) is 5.02 Å². The van der Waals surface area contributed by atoms with Gasteiger partial charge >= 0.3 is 0 Å². The molecule has 0 radical (unpaired) electrons. The molecule has 3 amide bonds. The number of halogens is 1. The Morgan fingerprint density at radius 1 is 1.05 bits per heavy atom. The highest BCUT2D eigenvalue weighted by Crippen LogP contribution is 2.22. The van der Waals surface area contributed by atoms with Crippen LogP contribution in [0.5, 0.6) is 0 Å². The van der Waals surface area contributed by atoms with Gasteiger partial charge in [-0.25, -0.2) is 4.98 Å². The number of hydrogen-bond donors (Lipinski definition) is 1. The van der Waals surface area contributed by atoms with E-state index in [0.29, 0.717) is 41.0 Å². The van der Waals surface area contributed by atoms with Crippen molar-refractivity contribution >= 4 is 51.5 Å². The molecule has 0 spiro atoms. The van der Waals surface area contributed by atoms with Crippen molar-refractivity contribution < 1.29 is 14.4 Å². The lowest BCUT2D eigenvalue weighted by Crippen LogP contribution is -2.49. The Morgan fingerprint density at radius 3 is 2.41 bits per heavy atom. The molecule has 1 aliphatic heterocycles. The summed E-state index contributed by atoms with van der Waals surface area (Å²) in [4.78, 5) is 48.9. The van der Waals surface area contributed by atoms with E-state index >= 15 is 0 Å². The maximum atomic E-state index is 13.0. The number of piperazine rings is 1. The number of amides is 3. The summed E-state index contributed by atoms with van der Waals surface area (Å²) in [5, 5.41) is 5.54. The third kappa shape index (κ3) is 7.80. The van der Waals surface area contributed by atoms with E-state index in [2.05, 4.69) is 34.3 Å². The van der Waals surface area contributed by atoms with Gasteiger partial charge in [0.1, 0.15) is 6.54 Å². The van der Waals surface area contributed by atoms with Crippen LogP contribution in [-0.2, 0) is 16.0 Å². The largest absolute Gasteiger partial charge is 0.368 e. The first kappa shape index (κ1) is 28.6. The van der Waals surface area contributed by atoms with Gasteiger partial charge in [0, 0.05) is 54.4 Å². The van der Waals surface area contributed by atoms with Gasteiger partial charge in [-0.2, -0.15) is 0 Å². The Bertz CT molecular complexity index is 1300. The predicted octanol–water partition coefficient (Wildman–Crippen LogP) is 4.73. The van der Waals surface area contributed by atoms with Crippen molar-refractivity contribution in [2.24, 2.45) is 5.92 Å². The minimum Gasteiger partial charge on any atom is -0.368 e. The third-order valence-electron chi connectivity index (χ3n) is 6.52. The highest BCUT2D eigenvalue weighted by atomic mass is 35.5. The summed E-state index contributed by atoms with van der Waals surface area (Å²) >= 11 is 7.22. The fraction of sp³-hybridized carbons (Fsp3) is 0.379. The van der Waals surface area contributed by atoms with Gasteiger partial charge in [0.25, 0.3) is 5.91 Å². The van der Waals surface area contributed by atoms with Crippen LogP contribution in [0.1, 0.15) is 35.5 Å². The van der Waals surface area contributed by atoms with E-state index in [1.54, 1.807) is 29.6 Å². The van der Waals surface area contributed by atoms with Crippen molar-refractivity contribution in [2.45, 2.75) is 27.2 Å². The topological polar surface area (TPSA) is 85.9 Å². The average molecular weight is 568 g/mol. The number of aromatic nitrogens is 1. The van der Waals surface area contributed by atoms with Gasteiger partial charge in [-0.1, -0.05) is 43.6 Å². The van der Waals surface area contributed by atoms with Crippen molar-refractivity contribution in [3.63, 3.8) is 0 Å². The van der Waals surface area contributed by atoms with E-state index in [9.17, 15) is 14.4 Å². The first-order valence-electron chi connectivity index (χ1n) is 13.1. The number of rotatable bonds is 9. The molecule has 10 heteroatoms. The van der Waals surface area contributed by atoms with Crippen LogP contribution in [-0.4, -0.2) is 71.8 Å². The Labute approximate surface area is 238 Å². The number of nitrogens with zero attached hydrogens (tertiary/aromatic N) is 4. The number of aryl methyl sites for hydroxylation is 1. The maximum Gasteiger partial charge on any atom is 0.254 e. The molecule has 3 aromatic rings. The summed E-state index contributed by atoms with van der Waals surface area (Å²) in [5.41, 5.74) is 3.54. The van der Waals surface area contributed by atoms with Gasteiger partial charge in [-0.15, -0.1) is 11.3 Å². The zero-order valence-corrected chi connectivity index (χ0v) is 24.1. The van der Waals surface area contributed by atoms with Crippen molar-refractivity contribution in [1.29, 1.82) is 0 Å². The SMILES string of the molecule is Cc1ccccc1N1CCN(C(=O)Cc2csc(NC(=O)CN(CC(C)C)C(=O)c3ccc(Cl)cc3)n2)CC1. The highest BCUT2D eigenvalue weighted by molar-refractivity contribution is 7.13. The first-order valence-corrected chi connectivity index (χ1v) is 14.3. The molecule has 2 aromatic carbocycles. The van der Waals surface area contributed by atoms with E-state index in [-0.39, 0.29) is 36.6 Å². The van der Waals surface area contributed by atoms with Crippen LogP contribution in [0.25, 0.3) is 0 Å². The van der Waals surface area contributed by atoms with E-state index in [1.807, 2.05) is 30.9 Å². The lowest BCUT2D eigenvalue weighted by atomic mass is 10.1. The van der Waals surface area contributed by atoms with Crippen LogP contribution in [0.4, 0.5) is 10.8 Å². The zero-order chi connectivity index (χ0) is 27.9. The van der Waals surface area contributed by atoms with Crippen molar-refractivity contribution in [3.05, 3.63) is 75.8 Å². The molecule has 0 aliphatic carbocycles. The van der Waals surface area contributed by atoms with Gasteiger partial charge in [-0.05, 0) is 48.7 Å². The van der Waals surface area contributed by atoms with Crippen LogP contribution < -0.4 is 10.2 Å². The predicted molar refractivity (Wildman–Crippen MR) is 157 cm³/mol. The number of thiazole rings is 1. The second-order valence-corrected chi connectivity index (χ2v) is 11.4. The fourth-order valence-electron chi connectivity index (χ4n) is 4.59. The van der Waals surface area contributed by atoms with Gasteiger partial charge in [0.15, 0.2) is 5.13 Å². The fourth-order valence-corrected chi connectivity index (χ4v) is 5.45. The Morgan fingerprint density at radius 2 is 1.74 bits per heavy atom. The quantitative estimate of drug-likeness (QED) is 0.404. The minimum absolute atomic E-state index is 0.0271.